The molecule has 6 nitrogen and oxygen atoms in total. The van der Waals surface area contributed by atoms with Crippen molar-refractivity contribution in [2.75, 3.05) is 13.7 Å². The van der Waals surface area contributed by atoms with Gasteiger partial charge in [-0.1, -0.05) is 29.3 Å². The van der Waals surface area contributed by atoms with Crippen LogP contribution in [0.1, 0.15) is 12.8 Å². The number of hydrogen-bond donors (Lipinski definition) is 1. The van der Waals surface area contributed by atoms with E-state index in [9.17, 15) is 0 Å². The van der Waals surface area contributed by atoms with Crippen molar-refractivity contribution in [3.63, 3.8) is 0 Å². The highest BCUT2D eigenvalue weighted by atomic mass is 35.5. The molecule has 0 amide bonds. The van der Waals surface area contributed by atoms with Gasteiger partial charge in [0.25, 0.3) is 0 Å². The Hall–Kier alpha value is -3.09. The molecule has 158 valence electrons. The molecule has 4 rings (SSSR count). The van der Waals surface area contributed by atoms with Gasteiger partial charge in [-0.15, -0.1) is 0 Å². The second-order valence-electron chi connectivity index (χ2n) is 6.82. The van der Waals surface area contributed by atoms with Gasteiger partial charge < -0.3 is 14.5 Å². The molecule has 0 bridgehead atoms. The number of allylic oxidation sites excluding steroid dienone is 2. The summed E-state index contributed by atoms with van der Waals surface area (Å²) in [5.41, 5.74) is 3.24. The molecule has 0 atom stereocenters. The van der Waals surface area contributed by atoms with E-state index in [1.54, 1.807) is 25.6 Å². The van der Waals surface area contributed by atoms with Gasteiger partial charge in [0.2, 0.25) is 0 Å². The van der Waals surface area contributed by atoms with Crippen LogP contribution in [0, 0.1) is 0 Å². The molecular weight excluding hydrogens is 435 g/mol. The van der Waals surface area contributed by atoms with Crippen LogP contribution in [-0.2, 0) is 0 Å². The smallest absolute Gasteiger partial charge is 0.140 e. The van der Waals surface area contributed by atoms with Crippen molar-refractivity contribution in [2.45, 2.75) is 12.8 Å². The first-order chi connectivity index (χ1) is 15.1. The van der Waals surface area contributed by atoms with Crippen LogP contribution in [-0.4, -0.2) is 34.9 Å². The Morgan fingerprint density at radius 3 is 2.87 bits per heavy atom. The van der Waals surface area contributed by atoms with E-state index < -0.39 is 0 Å². The number of imidazole rings is 1. The maximum Gasteiger partial charge on any atom is 0.140 e. The fraction of sp³-hybridized carbons (Fsp3) is 0.174. The van der Waals surface area contributed by atoms with Crippen LogP contribution in [0.4, 0.5) is 0 Å². The van der Waals surface area contributed by atoms with Crippen molar-refractivity contribution in [2.24, 2.45) is 4.99 Å². The molecule has 2 aromatic heterocycles. The SMILES string of the molecule is COc1cc(OC/C2=C/N=C\C=C/CC2)ccc1-c1nc(-c2ccc(Cl)nc2)[nH]c1Cl. The summed E-state index contributed by atoms with van der Waals surface area (Å²) in [6, 6.07) is 9.11. The van der Waals surface area contributed by atoms with Gasteiger partial charge in [-0.3, -0.25) is 4.99 Å². The number of methoxy groups -OCH3 is 1. The zero-order valence-corrected chi connectivity index (χ0v) is 18.3. The molecule has 0 radical (unpaired) electrons. The lowest BCUT2D eigenvalue weighted by Crippen LogP contribution is -2.02. The number of aliphatic imine (C=N–C) groups is 1. The average molecular weight is 455 g/mol. The Morgan fingerprint density at radius 1 is 1.16 bits per heavy atom. The highest BCUT2D eigenvalue weighted by molar-refractivity contribution is 6.32. The highest BCUT2D eigenvalue weighted by Crippen LogP contribution is 2.37. The van der Waals surface area contributed by atoms with Gasteiger partial charge in [0.1, 0.15) is 39.9 Å². The number of H-pyrrole nitrogens is 1. The van der Waals surface area contributed by atoms with Crippen molar-refractivity contribution < 1.29 is 9.47 Å². The molecule has 0 unspecified atom stereocenters. The van der Waals surface area contributed by atoms with E-state index in [1.807, 2.05) is 36.5 Å². The van der Waals surface area contributed by atoms with E-state index in [2.05, 4.69) is 26.0 Å². The summed E-state index contributed by atoms with van der Waals surface area (Å²) in [4.78, 5) is 16.0. The molecule has 0 aliphatic carbocycles. The minimum Gasteiger partial charge on any atom is -0.496 e. The standard InChI is InChI=1S/C23H20Cl2N4O2/c1-30-19-11-17(31-14-15-5-3-2-4-10-26-12-15)7-8-18(19)21-22(25)29-23(28-21)16-6-9-20(24)27-13-16/h2,4,6-13H,3,5,14H2,1H3,(H,28,29)/b4-2-,15-12+,26-10-. The van der Waals surface area contributed by atoms with Crippen molar-refractivity contribution >= 4 is 29.4 Å². The van der Waals surface area contributed by atoms with E-state index in [0.717, 1.165) is 29.5 Å². The summed E-state index contributed by atoms with van der Waals surface area (Å²) in [7, 11) is 1.60. The lowest BCUT2D eigenvalue weighted by Gasteiger charge is -2.12. The molecule has 1 aliphatic rings. The number of aromatic amines is 1. The van der Waals surface area contributed by atoms with E-state index in [-0.39, 0.29) is 0 Å². The first-order valence-corrected chi connectivity index (χ1v) is 10.4. The molecule has 1 aromatic carbocycles. The third kappa shape index (κ3) is 5.16. The lowest BCUT2D eigenvalue weighted by atomic mass is 10.1. The zero-order chi connectivity index (χ0) is 21.6. The van der Waals surface area contributed by atoms with Gasteiger partial charge in [-0.2, -0.15) is 0 Å². The summed E-state index contributed by atoms with van der Waals surface area (Å²) in [6.45, 7) is 0.463. The second kappa shape index (κ2) is 9.81. The van der Waals surface area contributed by atoms with Crippen LogP contribution in [0.25, 0.3) is 22.6 Å². The number of nitrogens with zero attached hydrogens (tertiary/aromatic N) is 3. The number of aromatic nitrogens is 3. The van der Waals surface area contributed by atoms with E-state index >= 15 is 0 Å². The molecule has 3 heterocycles. The van der Waals surface area contributed by atoms with E-state index in [0.29, 0.717) is 39.9 Å². The quantitative estimate of drug-likeness (QED) is 0.454. The number of hydrogen-bond acceptors (Lipinski definition) is 5. The van der Waals surface area contributed by atoms with Crippen LogP contribution >= 0.6 is 23.2 Å². The fourth-order valence-corrected chi connectivity index (χ4v) is 3.46. The molecular formula is C23H20Cl2N4O2. The van der Waals surface area contributed by atoms with Crippen molar-refractivity contribution in [1.82, 2.24) is 15.0 Å². The zero-order valence-electron chi connectivity index (χ0n) is 16.8. The largest absolute Gasteiger partial charge is 0.496 e. The summed E-state index contributed by atoms with van der Waals surface area (Å²) < 4.78 is 11.5. The number of benzene rings is 1. The molecule has 0 fully saturated rings. The number of ether oxygens (including phenoxy) is 2. The third-order valence-electron chi connectivity index (χ3n) is 4.71. The van der Waals surface area contributed by atoms with Gasteiger partial charge in [0.15, 0.2) is 0 Å². The fourth-order valence-electron chi connectivity index (χ4n) is 3.11. The van der Waals surface area contributed by atoms with Crippen LogP contribution in [0.3, 0.4) is 0 Å². The summed E-state index contributed by atoms with van der Waals surface area (Å²) in [5, 5.41) is 0.819. The van der Waals surface area contributed by atoms with Gasteiger partial charge >= 0.3 is 0 Å². The molecule has 8 heteroatoms. The molecule has 0 spiro atoms. The van der Waals surface area contributed by atoms with Crippen molar-refractivity contribution in [3.05, 3.63) is 70.8 Å². The number of halogens is 2. The predicted molar refractivity (Wildman–Crippen MR) is 124 cm³/mol. The molecule has 3 aromatic rings. The minimum absolute atomic E-state index is 0.405. The Balaban J connectivity index is 1.55. The van der Waals surface area contributed by atoms with Crippen molar-refractivity contribution in [1.29, 1.82) is 0 Å². The maximum absolute atomic E-state index is 6.44. The van der Waals surface area contributed by atoms with Crippen LogP contribution in [0.2, 0.25) is 10.3 Å². The van der Waals surface area contributed by atoms with Crippen LogP contribution in [0.5, 0.6) is 11.5 Å². The van der Waals surface area contributed by atoms with Gasteiger partial charge in [-0.05, 0) is 48.8 Å². The Bertz CT molecular complexity index is 1150. The Morgan fingerprint density at radius 2 is 2.06 bits per heavy atom. The van der Waals surface area contributed by atoms with Crippen LogP contribution in [0.15, 0.2) is 65.4 Å². The predicted octanol–water partition coefficient (Wildman–Crippen LogP) is 6.14. The van der Waals surface area contributed by atoms with Gasteiger partial charge in [0.05, 0.1) is 7.11 Å². The highest BCUT2D eigenvalue weighted by Gasteiger charge is 2.17. The first-order valence-electron chi connectivity index (χ1n) is 9.69. The van der Waals surface area contributed by atoms with E-state index in [1.165, 1.54) is 0 Å². The van der Waals surface area contributed by atoms with Crippen LogP contribution < -0.4 is 9.47 Å². The number of nitrogens with one attached hydrogen (secondary N) is 1. The molecule has 0 saturated carbocycles. The maximum atomic E-state index is 6.44. The summed E-state index contributed by atoms with van der Waals surface area (Å²) >= 11 is 12.3. The molecule has 1 aliphatic heterocycles. The Labute approximate surface area is 190 Å². The van der Waals surface area contributed by atoms with E-state index in [4.69, 9.17) is 32.7 Å². The first kappa shape index (κ1) is 21.2. The molecule has 0 saturated heterocycles. The number of rotatable bonds is 6. The normalized spacial score (nSPS) is 17.2. The van der Waals surface area contributed by atoms with Crippen molar-refractivity contribution in [3.8, 4) is 34.1 Å². The number of pyridine rings is 1. The molecule has 1 N–H and O–H groups in total. The lowest BCUT2D eigenvalue weighted by molar-refractivity contribution is 0.343. The Kier molecular flexibility index (Phi) is 6.70. The minimum atomic E-state index is 0.405. The second-order valence-corrected chi connectivity index (χ2v) is 7.59. The molecule has 31 heavy (non-hydrogen) atoms. The summed E-state index contributed by atoms with van der Waals surface area (Å²) in [5.74, 6) is 1.90. The monoisotopic (exact) mass is 454 g/mol. The summed E-state index contributed by atoms with van der Waals surface area (Å²) in [6.07, 6.45) is 11.2. The average Bonchev–Trinajstić information content (AvgIpc) is 3.14. The van der Waals surface area contributed by atoms with Gasteiger partial charge in [-0.25, -0.2) is 9.97 Å². The van der Waals surface area contributed by atoms with Gasteiger partial charge in [0, 0.05) is 35.8 Å². The topological polar surface area (TPSA) is 72.4 Å². The third-order valence-corrected chi connectivity index (χ3v) is 5.21.